The fourth-order valence-electron chi connectivity index (χ4n) is 4.53. The summed E-state index contributed by atoms with van der Waals surface area (Å²) >= 11 is 0. The van der Waals surface area contributed by atoms with Crippen LogP contribution in [-0.4, -0.2) is 35.7 Å². The summed E-state index contributed by atoms with van der Waals surface area (Å²) in [5.41, 5.74) is 5.19. The highest BCUT2D eigenvalue weighted by Gasteiger charge is 2.12. The second-order valence-corrected chi connectivity index (χ2v) is 9.66. The Balaban J connectivity index is 1.35. The highest BCUT2D eigenvalue weighted by Crippen LogP contribution is 2.27. The molecule has 0 bridgehead atoms. The number of methoxy groups -OCH3 is 1. The number of carbonyl (C=O) groups excluding carboxylic acids is 1. The van der Waals surface area contributed by atoms with Gasteiger partial charge in [0, 0.05) is 25.1 Å². The molecule has 1 N–H and O–H groups in total. The second kappa shape index (κ2) is 12.4. The molecule has 37 heavy (non-hydrogen) atoms. The van der Waals surface area contributed by atoms with Crippen LogP contribution in [-0.2, 0) is 13.0 Å². The quantitative estimate of drug-likeness (QED) is 0.232. The normalized spacial score (nSPS) is 11.2. The van der Waals surface area contributed by atoms with Gasteiger partial charge in [-0.25, -0.2) is 4.98 Å². The first kappa shape index (κ1) is 26.3. The summed E-state index contributed by atoms with van der Waals surface area (Å²) < 4.78 is 13.7. The molecule has 0 aliphatic heterocycles. The number of hydrogen-bond donors (Lipinski definition) is 1. The number of nitrogens with zero attached hydrogens (tertiary/aromatic N) is 2. The molecule has 0 saturated carbocycles. The highest BCUT2D eigenvalue weighted by atomic mass is 16.5. The molecule has 1 amide bonds. The zero-order valence-corrected chi connectivity index (χ0v) is 22.3. The van der Waals surface area contributed by atoms with E-state index < -0.39 is 0 Å². The maximum Gasteiger partial charge on any atom is 0.251 e. The van der Waals surface area contributed by atoms with Crippen LogP contribution >= 0.6 is 0 Å². The lowest BCUT2D eigenvalue weighted by atomic mass is 10.0. The molecule has 0 saturated heterocycles. The van der Waals surface area contributed by atoms with Gasteiger partial charge in [0.25, 0.3) is 5.91 Å². The maximum atomic E-state index is 12.5. The van der Waals surface area contributed by atoms with Crippen LogP contribution in [0, 0.1) is 6.92 Å². The summed E-state index contributed by atoms with van der Waals surface area (Å²) in [6.07, 6.45) is 2.46. The second-order valence-electron chi connectivity index (χ2n) is 9.66. The summed E-state index contributed by atoms with van der Waals surface area (Å²) in [6, 6.07) is 21.9. The van der Waals surface area contributed by atoms with Gasteiger partial charge < -0.3 is 19.4 Å². The molecule has 0 spiro atoms. The highest BCUT2D eigenvalue weighted by molar-refractivity contribution is 5.94. The van der Waals surface area contributed by atoms with Crippen LogP contribution in [0.25, 0.3) is 11.0 Å². The number of ether oxygens (including phenoxy) is 2. The third kappa shape index (κ3) is 6.70. The molecule has 1 heterocycles. The number of imidazole rings is 1. The van der Waals surface area contributed by atoms with E-state index in [0.29, 0.717) is 30.4 Å². The average molecular weight is 500 g/mol. The lowest BCUT2D eigenvalue weighted by molar-refractivity contribution is 0.0952. The van der Waals surface area contributed by atoms with Crippen molar-refractivity contribution in [3.8, 4) is 11.5 Å². The van der Waals surface area contributed by atoms with Crippen LogP contribution in [0.15, 0.2) is 66.7 Å². The Morgan fingerprint density at radius 3 is 2.68 bits per heavy atom. The lowest BCUT2D eigenvalue weighted by Gasteiger charge is -2.15. The van der Waals surface area contributed by atoms with Crippen molar-refractivity contribution in [2.45, 2.75) is 52.5 Å². The van der Waals surface area contributed by atoms with Crippen molar-refractivity contribution < 1.29 is 14.3 Å². The Kier molecular flexibility index (Phi) is 8.83. The fraction of sp³-hybridized carbons (Fsp3) is 0.355. The molecule has 0 radical (unpaired) electrons. The Labute approximate surface area is 219 Å². The zero-order valence-electron chi connectivity index (χ0n) is 22.3. The van der Waals surface area contributed by atoms with E-state index in [9.17, 15) is 4.79 Å². The molecule has 0 aliphatic carbocycles. The summed E-state index contributed by atoms with van der Waals surface area (Å²) in [7, 11) is 1.60. The van der Waals surface area contributed by atoms with Crippen LogP contribution in [0.4, 0.5) is 0 Å². The van der Waals surface area contributed by atoms with Crippen molar-refractivity contribution in [2.75, 3.05) is 20.3 Å². The Morgan fingerprint density at radius 1 is 1.03 bits per heavy atom. The molecule has 4 aromatic rings. The molecule has 6 heteroatoms. The minimum absolute atomic E-state index is 0.0959. The summed E-state index contributed by atoms with van der Waals surface area (Å²) in [5.74, 6) is 3.02. The van der Waals surface area contributed by atoms with Gasteiger partial charge in [-0.05, 0) is 73.2 Å². The number of amides is 1. The van der Waals surface area contributed by atoms with Crippen molar-refractivity contribution in [1.82, 2.24) is 14.9 Å². The first-order valence-electron chi connectivity index (χ1n) is 13.1. The van der Waals surface area contributed by atoms with Crippen molar-refractivity contribution >= 4 is 16.9 Å². The van der Waals surface area contributed by atoms with E-state index >= 15 is 0 Å². The largest absolute Gasteiger partial charge is 0.497 e. The lowest BCUT2D eigenvalue weighted by Crippen LogP contribution is -2.25. The number of carbonyl (C=O) groups is 1. The molecule has 6 nitrogen and oxygen atoms in total. The van der Waals surface area contributed by atoms with E-state index in [1.54, 1.807) is 19.2 Å². The van der Waals surface area contributed by atoms with E-state index in [4.69, 9.17) is 14.5 Å². The molecule has 1 aromatic heterocycles. The van der Waals surface area contributed by atoms with E-state index in [0.717, 1.165) is 48.4 Å². The number of para-hydroxylation sites is 2. The molecule has 0 fully saturated rings. The fourth-order valence-corrected chi connectivity index (χ4v) is 4.53. The maximum absolute atomic E-state index is 12.5. The number of hydrogen-bond acceptors (Lipinski definition) is 4. The van der Waals surface area contributed by atoms with E-state index in [1.807, 2.05) is 18.2 Å². The number of benzene rings is 3. The first-order valence-corrected chi connectivity index (χ1v) is 13.1. The van der Waals surface area contributed by atoms with Gasteiger partial charge in [0.05, 0.1) is 24.8 Å². The molecule has 0 aliphatic rings. The number of fused-ring (bicyclic) bond motifs is 1. The summed E-state index contributed by atoms with van der Waals surface area (Å²) in [5, 5.41) is 3.01. The van der Waals surface area contributed by atoms with Gasteiger partial charge in [-0.1, -0.05) is 44.2 Å². The Bertz CT molecular complexity index is 1340. The predicted molar refractivity (Wildman–Crippen MR) is 149 cm³/mol. The number of aromatic nitrogens is 2. The summed E-state index contributed by atoms with van der Waals surface area (Å²) in [6.45, 7) is 8.54. The molecular weight excluding hydrogens is 462 g/mol. The van der Waals surface area contributed by atoms with Crippen LogP contribution in [0.3, 0.4) is 0 Å². The summed E-state index contributed by atoms with van der Waals surface area (Å²) in [4.78, 5) is 17.4. The minimum Gasteiger partial charge on any atom is -0.497 e. The third-order valence-corrected chi connectivity index (χ3v) is 6.50. The Hall–Kier alpha value is -3.80. The van der Waals surface area contributed by atoms with Gasteiger partial charge in [0.2, 0.25) is 0 Å². The monoisotopic (exact) mass is 499 g/mol. The van der Waals surface area contributed by atoms with Crippen molar-refractivity contribution in [1.29, 1.82) is 0 Å². The van der Waals surface area contributed by atoms with Gasteiger partial charge in [-0.15, -0.1) is 0 Å². The zero-order chi connectivity index (χ0) is 26.2. The van der Waals surface area contributed by atoms with Crippen molar-refractivity contribution in [3.63, 3.8) is 0 Å². The smallest absolute Gasteiger partial charge is 0.251 e. The standard InChI is InChI=1S/C31H37N3O3/c1-22(2)26-16-15-23(3)20-29(26)37-19-9-18-34-28-13-6-5-12-27(28)33-30(34)14-8-17-32-31(35)24-10-7-11-25(21-24)36-4/h5-7,10-13,15-16,20-22H,8-9,14,17-19H2,1-4H3,(H,32,35). The van der Waals surface area contributed by atoms with E-state index in [2.05, 4.69) is 67.1 Å². The third-order valence-electron chi connectivity index (χ3n) is 6.50. The van der Waals surface area contributed by atoms with Crippen LogP contribution in [0.1, 0.15) is 59.9 Å². The number of nitrogens with one attached hydrogen (secondary N) is 1. The molecule has 4 rings (SSSR count). The van der Waals surface area contributed by atoms with Gasteiger partial charge in [0.15, 0.2) is 0 Å². The van der Waals surface area contributed by atoms with Gasteiger partial charge >= 0.3 is 0 Å². The molecule has 3 aromatic carbocycles. The van der Waals surface area contributed by atoms with Crippen LogP contribution in [0.5, 0.6) is 11.5 Å². The molecule has 194 valence electrons. The van der Waals surface area contributed by atoms with Crippen molar-refractivity contribution in [2.24, 2.45) is 0 Å². The Morgan fingerprint density at radius 2 is 1.86 bits per heavy atom. The topological polar surface area (TPSA) is 65.4 Å². The van der Waals surface area contributed by atoms with E-state index in [1.165, 1.54) is 11.1 Å². The number of aryl methyl sites for hydroxylation is 3. The first-order chi connectivity index (χ1) is 18.0. The SMILES string of the molecule is COc1cccc(C(=O)NCCCc2nc3ccccc3n2CCCOc2cc(C)ccc2C(C)C)c1. The van der Waals surface area contributed by atoms with Gasteiger partial charge in [-0.3, -0.25) is 4.79 Å². The van der Waals surface area contributed by atoms with Crippen molar-refractivity contribution in [3.05, 3.63) is 89.2 Å². The average Bonchev–Trinajstić information content (AvgIpc) is 3.26. The number of rotatable bonds is 12. The predicted octanol–water partition coefficient (Wildman–Crippen LogP) is 6.31. The molecule has 0 atom stereocenters. The van der Waals surface area contributed by atoms with E-state index in [-0.39, 0.29) is 5.91 Å². The van der Waals surface area contributed by atoms with Crippen LogP contribution < -0.4 is 14.8 Å². The minimum atomic E-state index is -0.0959. The van der Waals surface area contributed by atoms with Gasteiger partial charge in [-0.2, -0.15) is 0 Å². The molecular formula is C31H37N3O3. The van der Waals surface area contributed by atoms with Gasteiger partial charge in [0.1, 0.15) is 17.3 Å². The van der Waals surface area contributed by atoms with Crippen LogP contribution in [0.2, 0.25) is 0 Å². The molecule has 0 unspecified atom stereocenters.